The second-order valence-corrected chi connectivity index (χ2v) is 6.95. The number of nitro groups is 1. The van der Waals surface area contributed by atoms with E-state index in [0.29, 0.717) is 22.6 Å². The number of nitro benzene ring substituents is 1. The van der Waals surface area contributed by atoms with Gasteiger partial charge in [-0.25, -0.2) is 4.79 Å². The molecular weight excluding hydrogens is 412 g/mol. The van der Waals surface area contributed by atoms with Gasteiger partial charge in [0.25, 0.3) is 11.6 Å². The molecule has 160 valence electrons. The Kier molecular flexibility index (Phi) is 6.16. The van der Waals surface area contributed by atoms with Crippen LogP contribution in [0.2, 0.25) is 0 Å². The Hall–Kier alpha value is -4.71. The van der Waals surface area contributed by atoms with Crippen molar-refractivity contribution in [2.24, 2.45) is 0 Å². The van der Waals surface area contributed by atoms with Crippen molar-refractivity contribution in [2.75, 3.05) is 5.32 Å². The summed E-state index contributed by atoms with van der Waals surface area (Å²) in [4.78, 5) is 34.1. The largest absolute Gasteiger partial charge is 0.478 e. The molecule has 0 spiro atoms. The van der Waals surface area contributed by atoms with Crippen LogP contribution in [0.5, 0.6) is 0 Å². The molecule has 0 fully saturated rings. The third kappa shape index (κ3) is 4.55. The van der Waals surface area contributed by atoms with Crippen molar-refractivity contribution in [3.63, 3.8) is 0 Å². The maximum Gasteiger partial charge on any atom is 0.335 e. The van der Waals surface area contributed by atoms with Crippen LogP contribution in [0.1, 0.15) is 27.3 Å². The number of hydrogen-bond acceptors (Lipinski definition) is 5. The molecule has 9 nitrogen and oxygen atoms in total. The Balaban J connectivity index is 1.91. The summed E-state index contributed by atoms with van der Waals surface area (Å²) in [7, 11) is 0. The zero-order chi connectivity index (χ0) is 23.4. The van der Waals surface area contributed by atoms with Gasteiger partial charge in [0, 0.05) is 29.2 Å². The van der Waals surface area contributed by atoms with Crippen molar-refractivity contribution in [3.05, 3.63) is 92.8 Å². The van der Waals surface area contributed by atoms with Crippen molar-refractivity contribution in [1.29, 1.82) is 5.26 Å². The second-order valence-electron chi connectivity index (χ2n) is 6.95. The van der Waals surface area contributed by atoms with Crippen molar-refractivity contribution >= 4 is 29.3 Å². The molecule has 0 saturated carbocycles. The molecule has 0 aliphatic rings. The number of carbonyl (C=O) groups is 2. The minimum atomic E-state index is -1.08. The van der Waals surface area contributed by atoms with Crippen LogP contribution in [-0.2, 0) is 4.79 Å². The van der Waals surface area contributed by atoms with E-state index in [4.69, 9.17) is 5.11 Å². The Morgan fingerprint density at radius 2 is 1.84 bits per heavy atom. The van der Waals surface area contributed by atoms with Crippen LogP contribution < -0.4 is 5.32 Å². The van der Waals surface area contributed by atoms with E-state index in [-0.39, 0.29) is 16.8 Å². The van der Waals surface area contributed by atoms with Gasteiger partial charge >= 0.3 is 5.97 Å². The lowest BCUT2D eigenvalue weighted by atomic mass is 10.1. The smallest absolute Gasteiger partial charge is 0.335 e. The van der Waals surface area contributed by atoms with Gasteiger partial charge in [-0.2, -0.15) is 5.26 Å². The molecule has 1 aromatic heterocycles. The zero-order valence-corrected chi connectivity index (χ0v) is 17.2. The van der Waals surface area contributed by atoms with Crippen LogP contribution in [0.25, 0.3) is 11.8 Å². The first-order valence-corrected chi connectivity index (χ1v) is 9.41. The van der Waals surface area contributed by atoms with Crippen molar-refractivity contribution in [2.45, 2.75) is 13.8 Å². The molecule has 2 N–H and O–H groups in total. The third-order valence-electron chi connectivity index (χ3n) is 4.82. The number of aryl methyl sites for hydroxylation is 1. The lowest BCUT2D eigenvalue weighted by Gasteiger charge is -2.09. The molecule has 0 radical (unpaired) electrons. The number of anilines is 1. The van der Waals surface area contributed by atoms with Gasteiger partial charge in [-0.3, -0.25) is 14.9 Å². The van der Waals surface area contributed by atoms with E-state index in [1.54, 1.807) is 29.7 Å². The van der Waals surface area contributed by atoms with E-state index in [1.807, 2.05) is 13.0 Å². The molecule has 3 aromatic rings. The molecule has 0 atom stereocenters. The highest BCUT2D eigenvalue weighted by Gasteiger charge is 2.16. The van der Waals surface area contributed by atoms with Gasteiger partial charge < -0.3 is 15.0 Å². The first-order valence-electron chi connectivity index (χ1n) is 9.41. The quantitative estimate of drug-likeness (QED) is 0.259. The first kappa shape index (κ1) is 22.0. The molecule has 0 aliphatic carbocycles. The number of non-ortho nitro benzene ring substituents is 1. The summed E-state index contributed by atoms with van der Waals surface area (Å²) in [6.07, 6.45) is 1.44. The number of carboxylic acid groups (broad SMARTS) is 1. The van der Waals surface area contributed by atoms with E-state index in [2.05, 4.69) is 5.32 Å². The maximum absolute atomic E-state index is 12.6. The highest BCUT2D eigenvalue weighted by Crippen LogP contribution is 2.25. The van der Waals surface area contributed by atoms with Crippen molar-refractivity contribution in [3.8, 4) is 11.8 Å². The zero-order valence-electron chi connectivity index (χ0n) is 17.2. The molecule has 0 aliphatic heterocycles. The molecule has 3 rings (SSSR count). The summed E-state index contributed by atoms with van der Waals surface area (Å²) in [5, 5.41) is 32.1. The lowest BCUT2D eigenvalue weighted by molar-refractivity contribution is -0.384. The number of aromatic carboxylic acids is 1. The fourth-order valence-electron chi connectivity index (χ4n) is 3.28. The number of rotatable bonds is 6. The number of hydrogen-bond donors (Lipinski definition) is 2. The number of benzene rings is 2. The highest BCUT2D eigenvalue weighted by atomic mass is 16.6. The highest BCUT2D eigenvalue weighted by molar-refractivity contribution is 6.09. The maximum atomic E-state index is 12.6. The Labute approximate surface area is 183 Å². The SMILES string of the molecule is Cc1cc(/C=C(\C#N)C(=O)Nc2ccc(C(=O)O)cc2)c(C)n1-c1cccc([N+](=O)[O-])c1. The average Bonchev–Trinajstić information content (AvgIpc) is 3.05. The topological polar surface area (TPSA) is 138 Å². The molecule has 1 amide bonds. The molecule has 2 aromatic carbocycles. The summed E-state index contributed by atoms with van der Waals surface area (Å²) >= 11 is 0. The molecule has 1 heterocycles. The van der Waals surface area contributed by atoms with Gasteiger partial charge in [-0.05, 0) is 61.9 Å². The standard InChI is InChI=1S/C23H18N4O5/c1-14-10-17(15(2)26(14)20-4-3-5-21(12-20)27(31)32)11-18(13-24)22(28)25-19-8-6-16(7-9-19)23(29)30/h3-12H,1-2H3,(H,25,28)(H,29,30)/b18-11+. The number of nitriles is 1. The van der Waals surface area contributed by atoms with E-state index in [9.17, 15) is 25.0 Å². The number of carboxylic acids is 1. The van der Waals surface area contributed by atoms with E-state index >= 15 is 0 Å². The number of aromatic nitrogens is 1. The van der Waals surface area contributed by atoms with Crippen LogP contribution in [0.3, 0.4) is 0 Å². The minimum Gasteiger partial charge on any atom is -0.478 e. The number of carbonyl (C=O) groups excluding carboxylic acids is 1. The van der Waals surface area contributed by atoms with Crippen molar-refractivity contribution < 1.29 is 19.6 Å². The summed E-state index contributed by atoms with van der Waals surface area (Å²) in [6, 6.07) is 15.4. The summed E-state index contributed by atoms with van der Waals surface area (Å²) < 4.78 is 1.80. The van der Waals surface area contributed by atoms with Gasteiger partial charge in [0.1, 0.15) is 11.6 Å². The number of amides is 1. The van der Waals surface area contributed by atoms with Crippen LogP contribution in [0.15, 0.2) is 60.2 Å². The summed E-state index contributed by atoms with van der Waals surface area (Å²) in [5.74, 6) is -1.73. The predicted octanol–water partition coefficient (Wildman–Crippen LogP) is 4.25. The molecule has 0 unspecified atom stereocenters. The van der Waals surface area contributed by atoms with Gasteiger partial charge in [0.15, 0.2) is 0 Å². The van der Waals surface area contributed by atoms with E-state index < -0.39 is 16.8 Å². The fraction of sp³-hybridized carbons (Fsp3) is 0.0870. The van der Waals surface area contributed by atoms with E-state index in [0.717, 1.165) is 5.69 Å². The molecule has 0 saturated heterocycles. The number of nitrogens with one attached hydrogen (secondary N) is 1. The molecule has 9 heteroatoms. The fourth-order valence-corrected chi connectivity index (χ4v) is 3.28. The third-order valence-corrected chi connectivity index (χ3v) is 4.82. The van der Waals surface area contributed by atoms with E-state index in [1.165, 1.54) is 42.5 Å². The van der Waals surface area contributed by atoms with Gasteiger partial charge in [-0.15, -0.1) is 0 Å². The predicted molar refractivity (Wildman–Crippen MR) is 118 cm³/mol. The Morgan fingerprint density at radius 3 is 2.44 bits per heavy atom. The Bertz CT molecular complexity index is 1300. The Morgan fingerprint density at radius 1 is 1.16 bits per heavy atom. The molecular formula is C23H18N4O5. The van der Waals surface area contributed by atoms with Gasteiger partial charge in [-0.1, -0.05) is 6.07 Å². The van der Waals surface area contributed by atoms with Crippen LogP contribution in [0, 0.1) is 35.3 Å². The van der Waals surface area contributed by atoms with Crippen LogP contribution in [0.4, 0.5) is 11.4 Å². The lowest BCUT2D eigenvalue weighted by Crippen LogP contribution is -2.13. The van der Waals surface area contributed by atoms with Crippen molar-refractivity contribution in [1.82, 2.24) is 4.57 Å². The van der Waals surface area contributed by atoms with Crippen LogP contribution in [-0.4, -0.2) is 26.5 Å². The molecule has 32 heavy (non-hydrogen) atoms. The second kappa shape index (κ2) is 8.97. The average molecular weight is 430 g/mol. The normalized spacial score (nSPS) is 11.0. The first-order chi connectivity index (χ1) is 15.2. The number of nitrogens with zero attached hydrogens (tertiary/aromatic N) is 3. The van der Waals surface area contributed by atoms with Gasteiger partial charge in [0.05, 0.1) is 16.2 Å². The monoisotopic (exact) mass is 430 g/mol. The summed E-state index contributed by atoms with van der Waals surface area (Å²) in [5.41, 5.74) is 2.92. The summed E-state index contributed by atoms with van der Waals surface area (Å²) in [6.45, 7) is 3.61. The van der Waals surface area contributed by atoms with Crippen LogP contribution >= 0.6 is 0 Å². The minimum absolute atomic E-state index is 0.0434. The molecule has 0 bridgehead atoms. The van der Waals surface area contributed by atoms with Gasteiger partial charge in [0.2, 0.25) is 0 Å².